The zero-order valence-electron chi connectivity index (χ0n) is 13.1. The summed E-state index contributed by atoms with van der Waals surface area (Å²) in [6, 6.07) is 5.28. The molecule has 4 unspecified atom stereocenters. The Kier molecular flexibility index (Phi) is 2.18. The van der Waals surface area contributed by atoms with Crippen molar-refractivity contribution < 1.29 is 4.74 Å². The molecule has 1 saturated heterocycles. The van der Waals surface area contributed by atoms with E-state index >= 15 is 0 Å². The summed E-state index contributed by atoms with van der Waals surface area (Å²) < 4.78 is 6.59. The van der Waals surface area contributed by atoms with Crippen molar-refractivity contribution in [2.45, 2.75) is 44.2 Å². The molecule has 1 fully saturated rings. The molecule has 1 aromatic rings. The van der Waals surface area contributed by atoms with E-state index in [9.17, 15) is 0 Å². The lowest BCUT2D eigenvalue weighted by molar-refractivity contribution is -0.0142. The van der Waals surface area contributed by atoms with Gasteiger partial charge in [-0.3, -0.25) is 0 Å². The first-order chi connectivity index (χ1) is 10.1. The number of aryl methyl sites for hydroxylation is 1. The van der Waals surface area contributed by atoms with E-state index in [0.29, 0.717) is 24.0 Å². The summed E-state index contributed by atoms with van der Waals surface area (Å²) in [5.74, 6) is 2.37. The number of likely N-dealkylation sites (N-methyl/N-ethyl adjacent to an activating group) is 1. The predicted octanol–water partition coefficient (Wildman–Crippen LogP) is 3.08. The molecular formula is C19H23NO. The summed E-state index contributed by atoms with van der Waals surface area (Å²) in [4.78, 5) is 2.58. The van der Waals surface area contributed by atoms with Crippen molar-refractivity contribution in [1.29, 1.82) is 0 Å². The van der Waals surface area contributed by atoms with Gasteiger partial charge in [-0.25, -0.2) is 0 Å². The minimum Gasteiger partial charge on any atom is -0.488 e. The van der Waals surface area contributed by atoms with Crippen LogP contribution in [0.3, 0.4) is 0 Å². The number of ether oxygens (including phenoxy) is 1. The minimum absolute atomic E-state index is 0.250. The highest BCUT2D eigenvalue weighted by Gasteiger charge is 2.63. The molecule has 5 atom stereocenters. The Balaban J connectivity index is 1.84. The fourth-order valence-electron chi connectivity index (χ4n) is 5.65. The van der Waals surface area contributed by atoms with E-state index in [4.69, 9.17) is 4.74 Å². The topological polar surface area (TPSA) is 12.5 Å². The van der Waals surface area contributed by atoms with Crippen molar-refractivity contribution in [2.24, 2.45) is 11.8 Å². The minimum atomic E-state index is 0.250. The molecule has 1 aromatic carbocycles. The number of piperidine rings is 1. The lowest BCUT2D eigenvalue weighted by Crippen LogP contribution is -2.63. The Bertz CT molecular complexity index is 664. The third-order valence-corrected chi connectivity index (χ3v) is 6.64. The van der Waals surface area contributed by atoms with E-state index in [0.717, 1.165) is 0 Å². The Morgan fingerprint density at radius 2 is 2.14 bits per heavy atom. The molecule has 110 valence electrons. The van der Waals surface area contributed by atoms with Crippen LogP contribution in [-0.4, -0.2) is 30.6 Å². The molecule has 2 heteroatoms. The number of hydrogen-bond donors (Lipinski definition) is 0. The van der Waals surface area contributed by atoms with Crippen molar-refractivity contribution in [2.75, 3.05) is 13.6 Å². The molecule has 4 aliphatic rings. The quantitative estimate of drug-likeness (QED) is 0.678. The number of likely N-dealkylation sites (tertiary alicyclic amines) is 1. The summed E-state index contributed by atoms with van der Waals surface area (Å²) in [5.41, 5.74) is 4.70. The highest BCUT2D eigenvalue weighted by atomic mass is 16.5. The van der Waals surface area contributed by atoms with Gasteiger partial charge in [-0.05, 0) is 44.5 Å². The number of nitrogens with zero attached hydrogens (tertiary/aromatic N) is 1. The van der Waals surface area contributed by atoms with Gasteiger partial charge in [-0.2, -0.15) is 0 Å². The van der Waals surface area contributed by atoms with E-state index in [2.05, 4.69) is 50.1 Å². The van der Waals surface area contributed by atoms with Gasteiger partial charge >= 0.3 is 0 Å². The molecule has 2 aliphatic heterocycles. The molecule has 2 nitrogen and oxygen atoms in total. The highest BCUT2D eigenvalue weighted by molar-refractivity contribution is 5.59. The van der Waals surface area contributed by atoms with Gasteiger partial charge in [-0.1, -0.05) is 31.2 Å². The Morgan fingerprint density at radius 1 is 1.29 bits per heavy atom. The summed E-state index contributed by atoms with van der Waals surface area (Å²) in [7, 11) is 2.30. The molecule has 0 saturated carbocycles. The lowest BCUT2D eigenvalue weighted by Gasteiger charge is -2.56. The van der Waals surface area contributed by atoms with Gasteiger partial charge in [0.05, 0.1) is 0 Å². The van der Waals surface area contributed by atoms with Gasteiger partial charge < -0.3 is 9.64 Å². The Hall–Kier alpha value is -1.28. The van der Waals surface area contributed by atoms with E-state index in [1.165, 1.54) is 30.7 Å². The molecule has 2 bridgehead atoms. The smallest absolute Gasteiger partial charge is 0.126 e. The lowest BCUT2D eigenvalue weighted by atomic mass is 9.52. The van der Waals surface area contributed by atoms with Crippen LogP contribution >= 0.6 is 0 Å². The van der Waals surface area contributed by atoms with Gasteiger partial charge in [0.25, 0.3) is 0 Å². The summed E-state index contributed by atoms with van der Waals surface area (Å²) >= 11 is 0. The highest BCUT2D eigenvalue weighted by Crippen LogP contribution is 2.61. The largest absolute Gasteiger partial charge is 0.488 e. The molecule has 0 N–H and O–H groups in total. The van der Waals surface area contributed by atoms with Crippen LogP contribution in [0.4, 0.5) is 0 Å². The van der Waals surface area contributed by atoms with E-state index < -0.39 is 0 Å². The molecular weight excluding hydrogens is 258 g/mol. The molecule has 5 rings (SSSR count). The average Bonchev–Trinajstić information content (AvgIpc) is 2.83. The molecule has 0 amide bonds. The first-order valence-corrected chi connectivity index (χ1v) is 8.31. The third-order valence-electron chi connectivity index (χ3n) is 6.64. The van der Waals surface area contributed by atoms with Crippen LogP contribution in [0.2, 0.25) is 0 Å². The van der Waals surface area contributed by atoms with Crippen LogP contribution in [0.25, 0.3) is 0 Å². The number of hydrogen-bond acceptors (Lipinski definition) is 2. The first-order valence-electron chi connectivity index (χ1n) is 8.31. The normalized spacial score (nSPS) is 42.6. The molecule has 2 aliphatic carbocycles. The maximum absolute atomic E-state index is 6.59. The SMILES string of the molecule is Cc1ccc2c3c1OC1[C@@H](C)C=CC4C(C2)N(C)CCC341. The second kappa shape index (κ2) is 3.73. The third kappa shape index (κ3) is 1.25. The van der Waals surface area contributed by atoms with Crippen molar-refractivity contribution in [3.05, 3.63) is 41.0 Å². The van der Waals surface area contributed by atoms with Crippen LogP contribution in [0.5, 0.6) is 5.75 Å². The first kappa shape index (κ1) is 12.3. The monoisotopic (exact) mass is 281 g/mol. The van der Waals surface area contributed by atoms with E-state index in [1.807, 2.05) is 0 Å². The van der Waals surface area contributed by atoms with Gasteiger partial charge in [-0.15, -0.1) is 0 Å². The molecule has 2 heterocycles. The van der Waals surface area contributed by atoms with Crippen molar-refractivity contribution in [1.82, 2.24) is 4.90 Å². The van der Waals surface area contributed by atoms with Crippen LogP contribution in [0.1, 0.15) is 30.0 Å². The van der Waals surface area contributed by atoms with E-state index in [-0.39, 0.29) is 5.41 Å². The predicted molar refractivity (Wildman–Crippen MR) is 83.8 cm³/mol. The Morgan fingerprint density at radius 3 is 3.00 bits per heavy atom. The average molecular weight is 281 g/mol. The van der Waals surface area contributed by atoms with Crippen LogP contribution < -0.4 is 4.74 Å². The van der Waals surface area contributed by atoms with Gasteiger partial charge in [0.2, 0.25) is 0 Å². The van der Waals surface area contributed by atoms with E-state index in [1.54, 1.807) is 11.1 Å². The zero-order chi connectivity index (χ0) is 14.4. The van der Waals surface area contributed by atoms with Crippen molar-refractivity contribution in [3.8, 4) is 5.75 Å². The standard InChI is InChI=1S/C19H23NO/c1-11-4-6-13-10-15-14-7-5-12(2)18-19(14,8-9-20(15)3)16(13)17(11)21-18/h4-7,12,14-15,18H,8-10H2,1-3H3/t12-,14?,15?,18?,19?/m0/s1. The summed E-state index contributed by atoms with van der Waals surface area (Å²) in [6.07, 6.45) is 7.70. The van der Waals surface area contributed by atoms with Crippen molar-refractivity contribution in [3.63, 3.8) is 0 Å². The number of benzene rings is 1. The zero-order valence-corrected chi connectivity index (χ0v) is 13.1. The van der Waals surface area contributed by atoms with Gasteiger partial charge in [0.1, 0.15) is 11.9 Å². The second-order valence-electron chi connectivity index (χ2n) is 7.60. The molecule has 0 radical (unpaired) electrons. The fraction of sp³-hybridized carbons (Fsp3) is 0.579. The van der Waals surface area contributed by atoms with Crippen LogP contribution in [0, 0.1) is 18.8 Å². The fourth-order valence-corrected chi connectivity index (χ4v) is 5.65. The maximum atomic E-state index is 6.59. The molecule has 21 heavy (non-hydrogen) atoms. The van der Waals surface area contributed by atoms with Gasteiger partial charge in [0, 0.05) is 28.9 Å². The summed E-state index contributed by atoms with van der Waals surface area (Å²) in [5, 5.41) is 0. The maximum Gasteiger partial charge on any atom is 0.126 e. The van der Waals surface area contributed by atoms with Gasteiger partial charge in [0.15, 0.2) is 0 Å². The molecule has 1 spiro atoms. The summed E-state index contributed by atoms with van der Waals surface area (Å²) in [6.45, 7) is 5.74. The number of rotatable bonds is 0. The Labute approximate surface area is 126 Å². The van der Waals surface area contributed by atoms with Crippen molar-refractivity contribution >= 4 is 0 Å². The second-order valence-corrected chi connectivity index (χ2v) is 7.60. The van der Waals surface area contributed by atoms with Crippen LogP contribution in [0.15, 0.2) is 24.3 Å². The van der Waals surface area contributed by atoms with Crippen LogP contribution in [-0.2, 0) is 11.8 Å². The molecule has 0 aromatic heterocycles.